The predicted molar refractivity (Wildman–Crippen MR) is 105 cm³/mol. The molecule has 0 radical (unpaired) electrons. The Bertz CT molecular complexity index is 921. The fourth-order valence-corrected chi connectivity index (χ4v) is 3.36. The number of ether oxygens (including phenoxy) is 2. The van der Waals surface area contributed by atoms with Crippen LogP contribution in [0.5, 0.6) is 5.75 Å². The summed E-state index contributed by atoms with van der Waals surface area (Å²) in [6.45, 7) is -0.151. The van der Waals surface area contributed by atoms with E-state index in [-0.39, 0.29) is 12.5 Å². The molecule has 5 nitrogen and oxygen atoms in total. The van der Waals surface area contributed by atoms with Crippen LogP contribution in [-0.2, 0) is 16.0 Å². The lowest BCUT2D eigenvalue weighted by molar-refractivity contribution is -0.118. The lowest BCUT2D eigenvalue weighted by Crippen LogP contribution is -2.21. The lowest BCUT2D eigenvalue weighted by atomic mass is 10.0. The topological polar surface area (TPSA) is 64.6 Å². The molecule has 138 valence electrons. The lowest BCUT2D eigenvalue weighted by Gasteiger charge is -2.12. The summed E-state index contributed by atoms with van der Waals surface area (Å²) in [5, 5.41) is 4.41. The zero-order valence-electron chi connectivity index (χ0n) is 14.8. The van der Waals surface area contributed by atoms with Crippen LogP contribution in [0.2, 0.25) is 0 Å². The molecule has 27 heavy (non-hydrogen) atoms. The fourth-order valence-electron chi connectivity index (χ4n) is 2.59. The maximum absolute atomic E-state index is 12.2. The van der Waals surface area contributed by atoms with Crippen molar-refractivity contribution in [3.63, 3.8) is 0 Å². The number of thiophene rings is 1. The molecule has 2 aromatic carbocycles. The van der Waals surface area contributed by atoms with E-state index in [0.29, 0.717) is 16.3 Å². The van der Waals surface area contributed by atoms with Crippen LogP contribution in [0.4, 0.5) is 5.69 Å². The summed E-state index contributed by atoms with van der Waals surface area (Å²) in [6.07, 6.45) is 0.718. The molecule has 3 aromatic rings. The smallest absolute Gasteiger partial charge is 0.350 e. The van der Waals surface area contributed by atoms with Crippen LogP contribution in [0.25, 0.3) is 0 Å². The van der Waals surface area contributed by atoms with Gasteiger partial charge >= 0.3 is 5.97 Å². The molecule has 0 saturated carbocycles. The van der Waals surface area contributed by atoms with Crippen molar-refractivity contribution in [1.29, 1.82) is 0 Å². The highest BCUT2D eigenvalue weighted by Crippen LogP contribution is 2.24. The molecule has 0 saturated heterocycles. The Balaban J connectivity index is 1.63. The molecular weight excluding hydrogens is 362 g/mol. The quantitative estimate of drug-likeness (QED) is 0.625. The molecule has 0 aliphatic rings. The second-order valence-electron chi connectivity index (χ2n) is 5.76. The Kier molecular flexibility index (Phi) is 6.22. The summed E-state index contributed by atoms with van der Waals surface area (Å²) in [5.74, 6) is -0.155. The Labute approximate surface area is 161 Å². The minimum absolute atomic E-state index is 0.151. The number of amides is 1. The molecule has 0 fully saturated rings. The van der Waals surface area contributed by atoms with Crippen molar-refractivity contribution in [2.75, 3.05) is 19.0 Å². The molecule has 0 unspecified atom stereocenters. The number of hydrogen-bond donors (Lipinski definition) is 1. The minimum atomic E-state index is -0.477. The van der Waals surface area contributed by atoms with E-state index in [1.807, 2.05) is 54.6 Å². The van der Waals surface area contributed by atoms with E-state index in [2.05, 4.69) is 5.32 Å². The van der Waals surface area contributed by atoms with Crippen LogP contribution in [0.3, 0.4) is 0 Å². The summed E-state index contributed by atoms with van der Waals surface area (Å²) in [5.41, 5.74) is 2.60. The SMILES string of the molecule is COC(=O)c1sccc1NC(=O)COc1ccccc1Cc1ccccc1. The van der Waals surface area contributed by atoms with E-state index in [0.717, 1.165) is 12.0 Å². The van der Waals surface area contributed by atoms with Crippen LogP contribution in [0.15, 0.2) is 66.0 Å². The van der Waals surface area contributed by atoms with Gasteiger partial charge in [-0.3, -0.25) is 4.79 Å². The molecule has 6 heteroatoms. The van der Waals surface area contributed by atoms with Crippen LogP contribution in [0.1, 0.15) is 20.8 Å². The number of benzene rings is 2. The van der Waals surface area contributed by atoms with E-state index in [9.17, 15) is 9.59 Å². The van der Waals surface area contributed by atoms with Gasteiger partial charge in [-0.1, -0.05) is 48.5 Å². The molecule has 0 bridgehead atoms. The summed E-state index contributed by atoms with van der Waals surface area (Å²) < 4.78 is 10.4. The molecule has 3 rings (SSSR count). The first kappa shape index (κ1) is 18.7. The van der Waals surface area contributed by atoms with Gasteiger partial charge in [0.25, 0.3) is 5.91 Å². The normalized spacial score (nSPS) is 10.3. The van der Waals surface area contributed by atoms with E-state index >= 15 is 0 Å². The van der Waals surface area contributed by atoms with Crippen molar-refractivity contribution < 1.29 is 19.1 Å². The summed E-state index contributed by atoms with van der Waals surface area (Å²) in [4.78, 5) is 24.3. The maximum Gasteiger partial charge on any atom is 0.350 e. The highest BCUT2D eigenvalue weighted by Gasteiger charge is 2.16. The first-order valence-corrected chi connectivity index (χ1v) is 9.25. The molecule has 1 aromatic heterocycles. The third-order valence-electron chi connectivity index (χ3n) is 3.88. The second-order valence-corrected chi connectivity index (χ2v) is 6.68. The Morgan fingerprint density at radius 1 is 1.00 bits per heavy atom. The fraction of sp³-hybridized carbons (Fsp3) is 0.143. The van der Waals surface area contributed by atoms with E-state index in [4.69, 9.17) is 9.47 Å². The third kappa shape index (κ3) is 4.95. The average Bonchev–Trinajstić information content (AvgIpc) is 3.15. The van der Waals surface area contributed by atoms with Crippen molar-refractivity contribution in [3.05, 3.63) is 82.0 Å². The standard InChI is InChI=1S/C21H19NO4S/c1-25-21(24)20-17(11-12-27-20)22-19(23)14-26-18-10-6-5-9-16(18)13-15-7-3-2-4-8-15/h2-12H,13-14H2,1H3,(H,22,23). The Hall–Kier alpha value is -3.12. The largest absolute Gasteiger partial charge is 0.483 e. The number of carbonyl (C=O) groups excluding carboxylic acids is 2. The summed E-state index contributed by atoms with van der Waals surface area (Å²) in [7, 11) is 1.31. The molecule has 0 aliphatic heterocycles. The molecular formula is C21H19NO4S. The molecule has 1 amide bonds. The van der Waals surface area contributed by atoms with Crippen molar-refractivity contribution in [2.45, 2.75) is 6.42 Å². The van der Waals surface area contributed by atoms with Gasteiger partial charge in [-0.05, 0) is 28.6 Å². The zero-order chi connectivity index (χ0) is 19.1. The molecule has 1 heterocycles. The predicted octanol–water partition coefficient (Wildman–Crippen LogP) is 4.14. The summed E-state index contributed by atoms with van der Waals surface area (Å²) in [6, 6.07) is 19.4. The molecule has 1 N–H and O–H groups in total. The van der Waals surface area contributed by atoms with E-state index in [1.54, 1.807) is 11.4 Å². The number of carbonyl (C=O) groups is 2. The number of para-hydroxylation sites is 1. The maximum atomic E-state index is 12.2. The summed E-state index contributed by atoms with van der Waals surface area (Å²) >= 11 is 1.21. The molecule has 0 aliphatic carbocycles. The highest BCUT2D eigenvalue weighted by molar-refractivity contribution is 7.12. The van der Waals surface area contributed by atoms with Gasteiger partial charge in [-0.15, -0.1) is 11.3 Å². The number of esters is 1. The van der Waals surface area contributed by atoms with Crippen LogP contribution < -0.4 is 10.1 Å². The first-order chi connectivity index (χ1) is 13.2. The monoisotopic (exact) mass is 381 g/mol. The van der Waals surface area contributed by atoms with Crippen molar-refractivity contribution in [1.82, 2.24) is 0 Å². The van der Waals surface area contributed by atoms with Gasteiger partial charge in [0, 0.05) is 6.42 Å². The second kappa shape index (κ2) is 9.00. The third-order valence-corrected chi connectivity index (χ3v) is 4.77. The number of rotatable bonds is 7. The first-order valence-electron chi connectivity index (χ1n) is 8.37. The number of hydrogen-bond acceptors (Lipinski definition) is 5. The van der Waals surface area contributed by atoms with Crippen LogP contribution >= 0.6 is 11.3 Å². The van der Waals surface area contributed by atoms with Gasteiger partial charge in [-0.25, -0.2) is 4.79 Å². The Morgan fingerprint density at radius 2 is 1.74 bits per heavy atom. The van der Waals surface area contributed by atoms with Gasteiger partial charge in [-0.2, -0.15) is 0 Å². The average molecular weight is 381 g/mol. The van der Waals surface area contributed by atoms with Gasteiger partial charge in [0.15, 0.2) is 6.61 Å². The van der Waals surface area contributed by atoms with Crippen LogP contribution in [0, 0.1) is 0 Å². The van der Waals surface area contributed by atoms with Crippen LogP contribution in [-0.4, -0.2) is 25.6 Å². The number of anilines is 1. The van der Waals surface area contributed by atoms with E-state index in [1.165, 1.54) is 24.0 Å². The van der Waals surface area contributed by atoms with Gasteiger partial charge in [0.2, 0.25) is 0 Å². The van der Waals surface area contributed by atoms with E-state index < -0.39 is 5.97 Å². The zero-order valence-corrected chi connectivity index (χ0v) is 15.6. The van der Waals surface area contributed by atoms with Crippen molar-refractivity contribution in [3.8, 4) is 5.75 Å². The number of nitrogens with one attached hydrogen (secondary N) is 1. The molecule has 0 atom stereocenters. The van der Waals surface area contributed by atoms with Gasteiger partial charge in [0.05, 0.1) is 12.8 Å². The number of methoxy groups -OCH3 is 1. The highest BCUT2D eigenvalue weighted by atomic mass is 32.1. The van der Waals surface area contributed by atoms with Crippen molar-refractivity contribution >= 4 is 28.9 Å². The Morgan fingerprint density at radius 3 is 2.52 bits per heavy atom. The molecule has 0 spiro atoms. The van der Waals surface area contributed by atoms with Gasteiger partial charge < -0.3 is 14.8 Å². The minimum Gasteiger partial charge on any atom is -0.483 e. The van der Waals surface area contributed by atoms with Gasteiger partial charge in [0.1, 0.15) is 10.6 Å². The van der Waals surface area contributed by atoms with Crippen molar-refractivity contribution in [2.24, 2.45) is 0 Å².